The number of rotatable bonds is 15. The van der Waals surface area contributed by atoms with Crippen molar-refractivity contribution in [1.82, 2.24) is 5.32 Å². The zero-order valence-electron chi connectivity index (χ0n) is 19.9. The molecule has 0 aromatic heterocycles. The van der Waals surface area contributed by atoms with Gasteiger partial charge in [-0.25, -0.2) is 0 Å². The molecule has 0 spiro atoms. The van der Waals surface area contributed by atoms with Gasteiger partial charge in [0.25, 0.3) is 0 Å². The highest BCUT2D eigenvalue weighted by Crippen LogP contribution is 2.30. The summed E-state index contributed by atoms with van der Waals surface area (Å²) in [5.74, 6) is 2.89. The number of carbonyl (C=O) groups excluding carboxylic acids is 1. The Morgan fingerprint density at radius 3 is 1.91 bits per heavy atom. The first kappa shape index (κ1) is 25.4. The first-order valence-electron chi connectivity index (χ1n) is 11.6. The second-order valence-corrected chi connectivity index (χ2v) is 7.40. The summed E-state index contributed by atoms with van der Waals surface area (Å²) in [4.78, 5) is 12.5. The molecule has 0 heterocycles. The van der Waals surface area contributed by atoms with Gasteiger partial charge in [-0.05, 0) is 68.5 Å². The van der Waals surface area contributed by atoms with Gasteiger partial charge in [0, 0.05) is 6.54 Å². The van der Waals surface area contributed by atoms with E-state index in [2.05, 4.69) is 19.2 Å². The molecule has 0 saturated carbocycles. The van der Waals surface area contributed by atoms with Crippen LogP contribution in [-0.4, -0.2) is 38.9 Å². The monoisotopic (exact) mass is 443 g/mol. The standard InChI is InChI=1S/C26H37NO5/c1-5-15-31-23-12-10-21(18-25(23)32-16-6-2)19-26(28)27-14-13-20-9-11-22(29-7-3)24(17-20)30-8-4/h9-12,17-18H,5-8,13-16,19H2,1-4H3,(H,27,28). The van der Waals surface area contributed by atoms with Crippen LogP contribution in [0.4, 0.5) is 0 Å². The minimum absolute atomic E-state index is 0.0235. The summed E-state index contributed by atoms with van der Waals surface area (Å²) in [5.41, 5.74) is 1.99. The summed E-state index contributed by atoms with van der Waals surface area (Å²) in [6.07, 6.45) is 2.85. The second kappa shape index (κ2) is 14.2. The lowest BCUT2D eigenvalue weighted by Gasteiger charge is -2.14. The van der Waals surface area contributed by atoms with Gasteiger partial charge >= 0.3 is 0 Å². The van der Waals surface area contributed by atoms with E-state index in [0.29, 0.717) is 51.6 Å². The van der Waals surface area contributed by atoms with Crippen LogP contribution in [0.2, 0.25) is 0 Å². The molecule has 0 unspecified atom stereocenters. The number of carbonyl (C=O) groups is 1. The van der Waals surface area contributed by atoms with Gasteiger partial charge in [0.15, 0.2) is 23.0 Å². The predicted octanol–water partition coefficient (Wildman–Crippen LogP) is 4.96. The zero-order valence-corrected chi connectivity index (χ0v) is 19.9. The molecule has 32 heavy (non-hydrogen) atoms. The summed E-state index contributed by atoms with van der Waals surface area (Å²) >= 11 is 0. The van der Waals surface area contributed by atoms with Gasteiger partial charge in [0.05, 0.1) is 32.8 Å². The summed E-state index contributed by atoms with van der Waals surface area (Å²) in [5, 5.41) is 3.00. The quantitative estimate of drug-likeness (QED) is 0.421. The number of hydrogen-bond acceptors (Lipinski definition) is 5. The summed E-state index contributed by atoms with van der Waals surface area (Å²) < 4.78 is 22.9. The smallest absolute Gasteiger partial charge is 0.224 e. The van der Waals surface area contributed by atoms with Crippen molar-refractivity contribution in [1.29, 1.82) is 0 Å². The molecule has 6 nitrogen and oxygen atoms in total. The third-order valence-electron chi connectivity index (χ3n) is 4.64. The van der Waals surface area contributed by atoms with Crippen LogP contribution in [-0.2, 0) is 17.6 Å². The SMILES string of the molecule is CCCOc1ccc(CC(=O)NCCc2ccc(OCC)c(OCC)c2)cc1OCCC. The van der Waals surface area contributed by atoms with E-state index in [1.165, 1.54) is 0 Å². The Labute approximate surface area is 192 Å². The van der Waals surface area contributed by atoms with Gasteiger partial charge in [-0.2, -0.15) is 0 Å². The van der Waals surface area contributed by atoms with Gasteiger partial charge in [0.1, 0.15) is 0 Å². The number of ether oxygens (including phenoxy) is 4. The molecule has 1 N–H and O–H groups in total. The lowest BCUT2D eigenvalue weighted by atomic mass is 10.1. The average Bonchev–Trinajstić information content (AvgIpc) is 2.79. The van der Waals surface area contributed by atoms with Crippen molar-refractivity contribution < 1.29 is 23.7 Å². The Bertz CT molecular complexity index is 837. The van der Waals surface area contributed by atoms with Crippen LogP contribution in [0.25, 0.3) is 0 Å². The van der Waals surface area contributed by atoms with Crippen LogP contribution in [0.3, 0.4) is 0 Å². The number of hydrogen-bond donors (Lipinski definition) is 1. The first-order chi connectivity index (χ1) is 15.6. The molecule has 0 atom stereocenters. The largest absolute Gasteiger partial charge is 0.490 e. The van der Waals surface area contributed by atoms with Crippen molar-refractivity contribution in [2.75, 3.05) is 33.0 Å². The minimum Gasteiger partial charge on any atom is -0.490 e. The number of nitrogens with one attached hydrogen (secondary N) is 1. The van der Waals surface area contributed by atoms with E-state index < -0.39 is 0 Å². The van der Waals surface area contributed by atoms with Crippen LogP contribution in [0.1, 0.15) is 51.7 Å². The lowest BCUT2D eigenvalue weighted by molar-refractivity contribution is -0.120. The van der Waals surface area contributed by atoms with E-state index in [-0.39, 0.29) is 5.91 Å². The molecule has 2 aromatic carbocycles. The number of benzene rings is 2. The fourth-order valence-corrected chi connectivity index (χ4v) is 3.16. The zero-order chi connectivity index (χ0) is 23.2. The van der Waals surface area contributed by atoms with Crippen molar-refractivity contribution in [3.8, 4) is 23.0 Å². The van der Waals surface area contributed by atoms with Crippen molar-refractivity contribution in [2.24, 2.45) is 0 Å². The van der Waals surface area contributed by atoms with Crippen molar-refractivity contribution in [2.45, 2.75) is 53.4 Å². The maximum absolute atomic E-state index is 12.5. The van der Waals surface area contributed by atoms with E-state index in [0.717, 1.165) is 41.2 Å². The van der Waals surface area contributed by atoms with Gasteiger partial charge < -0.3 is 24.3 Å². The Morgan fingerprint density at radius 1 is 0.719 bits per heavy atom. The summed E-state index contributed by atoms with van der Waals surface area (Å²) in [6, 6.07) is 11.6. The molecule has 0 aliphatic heterocycles. The highest BCUT2D eigenvalue weighted by molar-refractivity contribution is 5.78. The van der Waals surface area contributed by atoms with Crippen molar-refractivity contribution in [3.63, 3.8) is 0 Å². The third-order valence-corrected chi connectivity index (χ3v) is 4.64. The maximum atomic E-state index is 12.5. The summed E-state index contributed by atoms with van der Waals surface area (Å²) in [7, 11) is 0. The predicted molar refractivity (Wildman–Crippen MR) is 127 cm³/mol. The van der Waals surface area contributed by atoms with Crippen molar-refractivity contribution >= 4 is 5.91 Å². The molecule has 0 aliphatic carbocycles. The lowest BCUT2D eigenvalue weighted by Crippen LogP contribution is -2.27. The average molecular weight is 444 g/mol. The first-order valence-corrected chi connectivity index (χ1v) is 11.6. The normalized spacial score (nSPS) is 10.5. The van der Waals surface area contributed by atoms with E-state index in [1.54, 1.807) is 0 Å². The van der Waals surface area contributed by atoms with E-state index in [4.69, 9.17) is 18.9 Å². The third kappa shape index (κ3) is 8.33. The van der Waals surface area contributed by atoms with E-state index in [9.17, 15) is 4.79 Å². The second-order valence-electron chi connectivity index (χ2n) is 7.40. The highest BCUT2D eigenvalue weighted by Gasteiger charge is 2.11. The molecule has 0 aliphatic rings. The topological polar surface area (TPSA) is 66.0 Å². The molecular formula is C26H37NO5. The van der Waals surface area contributed by atoms with Crippen LogP contribution in [0.15, 0.2) is 36.4 Å². The summed E-state index contributed by atoms with van der Waals surface area (Å²) in [6.45, 7) is 11.0. The van der Waals surface area contributed by atoms with Crippen LogP contribution < -0.4 is 24.3 Å². The Morgan fingerprint density at radius 2 is 1.25 bits per heavy atom. The molecule has 2 rings (SSSR count). The van der Waals surface area contributed by atoms with Gasteiger partial charge in [-0.3, -0.25) is 4.79 Å². The minimum atomic E-state index is -0.0235. The maximum Gasteiger partial charge on any atom is 0.224 e. The molecule has 6 heteroatoms. The van der Waals surface area contributed by atoms with Gasteiger partial charge in [-0.1, -0.05) is 26.0 Å². The van der Waals surface area contributed by atoms with Crippen LogP contribution in [0.5, 0.6) is 23.0 Å². The molecule has 0 bridgehead atoms. The molecule has 0 fully saturated rings. The van der Waals surface area contributed by atoms with Crippen molar-refractivity contribution in [3.05, 3.63) is 47.5 Å². The van der Waals surface area contributed by atoms with Crippen LogP contribution >= 0.6 is 0 Å². The Balaban J connectivity index is 1.91. The highest BCUT2D eigenvalue weighted by atomic mass is 16.5. The fraction of sp³-hybridized carbons (Fsp3) is 0.500. The number of amides is 1. The molecular weight excluding hydrogens is 406 g/mol. The molecule has 0 radical (unpaired) electrons. The van der Waals surface area contributed by atoms with Gasteiger partial charge in [-0.15, -0.1) is 0 Å². The van der Waals surface area contributed by atoms with Crippen LogP contribution in [0, 0.1) is 0 Å². The van der Waals surface area contributed by atoms with E-state index >= 15 is 0 Å². The van der Waals surface area contributed by atoms with E-state index in [1.807, 2.05) is 50.2 Å². The Kier molecular flexibility index (Phi) is 11.3. The molecule has 2 aromatic rings. The van der Waals surface area contributed by atoms with Gasteiger partial charge in [0.2, 0.25) is 5.91 Å². The molecule has 0 saturated heterocycles. The molecule has 1 amide bonds. The fourth-order valence-electron chi connectivity index (χ4n) is 3.16. The Hall–Kier alpha value is -2.89. The molecule has 176 valence electrons.